The summed E-state index contributed by atoms with van der Waals surface area (Å²) in [5.41, 5.74) is -1.23. The molecule has 4 nitrogen and oxygen atoms in total. The van der Waals surface area contributed by atoms with Crippen LogP contribution in [0.4, 0.5) is 0 Å². The number of hydrogen-bond acceptors (Lipinski definition) is 3. The number of rotatable bonds is 3. The Morgan fingerprint density at radius 2 is 2.17 bits per heavy atom. The number of carboxylic acid groups (broad SMARTS) is 1. The molecule has 4 heteroatoms. The standard InChI is InChI=1S/C8H12O4/c1-3-12-7(11)8(6(9)10)4-5(8)2/h5H,3-4H2,1-2H3,(H,9,10)/t5-,8+/m0/s1. The van der Waals surface area contributed by atoms with Crippen molar-refractivity contribution < 1.29 is 19.4 Å². The van der Waals surface area contributed by atoms with Gasteiger partial charge in [-0.05, 0) is 19.3 Å². The molecule has 1 N–H and O–H groups in total. The Labute approximate surface area is 70.5 Å². The van der Waals surface area contributed by atoms with Crippen molar-refractivity contribution in [1.29, 1.82) is 0 Å². The summed E-state index contributed by atoms with van der Waals surface area (Å²) in [4.78, 5) is 21.9. The minimum atomic E-state index is -1.23. The van der Waals surface area contributed by atoms with Crippen molar-refractivity contribution in [2.24, 2.45) is 11.3 Å². The van der Waals surface area contributed by atoms with E-state index in [1.54, 1.807) is 13.8 Å². The maximum atomic E-state index is 11.2. The van der Waals surface area contributed by atoms with Gasteiger partial charge in [0, 0.05) is 0 Å². The number of aliphatic carboxylic acids is 1. The molecular weight excluding hydrogens is 160 g/mol. The lowest BCUT2D eigenvalue weighted by molar-refractivity contribution is -0.161. The Balaban J connectivity index is 2.70. The van der Waals surface area contributed by atoms with Crippen molar-refractivity contribution >= 4 is 11.9 Å². The first kappa shape index (κ1) is 9.03. The molecular formula is C8H12O4. The summed E-state index contributed by atoms with van der Waals surface area (Å²) in [5, 5.41) is 8.77. The van der Waals surface area contributed by atoms with Crippen molar-refractivity contribution in [3.05, 3.63) is 0 Å². The van der Waals surface area contributed by atoms with Crippen LogP contribution >= 0.6 is 0 Å². The molecule has 0 saturated heterocycles. The second kappa shape index (κ2) is 2.77. The SMILES string of the molecule is CCOC(=O)[C@]1(C(=O)O)C[C@@H]1C. The zero-order valence-electron chi connectivity index (χ0n) is 7.16. The monoisotopic (exact) mass is 172 g/mol. The van der Waals surface area contributed by atoms with Gasteiger partial charge in [0.2, 0.25) is 0 Å². The summed E-state index contributed by atoms with van der Waals surface area (Å²) in [6, 6.07) is 0. The predicted octanol–water partition coefficient (Wildman–Crippen LogP) is 0.660. The second-order valence-electron chi connectivity index (χ2n) is 3.10. The Bertz CT molecular complexity index is 223. The van der Waals surface area contributed by atoms with Crippen molar-refractivity contribution in [3.8, 4) is 0 Å². The molecule has 0 aromatic carbocycles. The number of ether oxygens (including phenoxy) is 1. The molecule has 12 heavy (non-hydrogen) atoms. The third-order valence-electron chi connectivity index (χ3n) is 2.33. The third kappa shape index (κ3) is 1.07. The average Bonchev–Trinajstić information content (AvgIpc) is 2.63. The molecule has 1 aliphatic carbocycles. The van der Waals surface area contributed by atoms with Crippen LogP contribution in [0, 0.1) is 11.3 Å². The van der Waals surface area contributed by atoms with Gasteiger partial charge in [-0.3, -0.25) is 9.59 Å². The highest BCUT2D eigenvalue weighted by atomic mass is 16.5. The van der Waals surface area contributed by atoms with Crippen LogP contribution in [0.15, 0.2) is 0 Å². The highest BCUT2D eigenvalue weighted by Gasteiger charge is 2.65. The molecule has 0 radical (unpaired) electrons. The topological polar surface area (TPSA) is 63.6 Å². The maximum Gasteiger partial charge on any atom is 0.323 e. The minimum absolute atomic E-state index is 0.0888. The van der Waals surface area contributed by atoms with Crippen LogP contribution in [0.3, 0.4) is 0 Å². The maximum absolute atomic E-state index is 11.2. The molecule has 1 aliphatic rings. The predicted molar refractivity (Wildman–Crippen MR) is 40.5 cm³/mol. The molecule has 0 unspecified atom stereocenters. The number of carbonyl (C=O) groups is 2. The number of hydrogen-bond donors (Lipinski definition) is 1. The normalized spacial score (nSPS) is 32.7. The van der Waals surface area contributed by atoms with Gasteiger partial charge in [0.15, 0.2) is 5.41 Å². The van der Waals surface area contributed by atoms with Gasteiger partial charge in [0.05, 0.1) is 6.61 Å². The molecule has 1 fully saturated rings. The van der Waals surface area contributed by atoms with Crippen LogP contribution in [0.2, 0.25) is 0 Å². The van der Waals surface area contributed by atoms with E-state index in [0.29, 0.717) is 6.42 Å². The van der Waals surface area contributed by atoms with Crippen LogP contribution in [0.1, 0.15) is 20.3 Å². The van der Waals surface area contributed by atoms with Gasteiger partial charge < -0.3 is 9.84 Å². The van der Waals surface area contributed by atoms with Gasteiger partial charge in [0.1, 0.15) is 0 Å². The van der Waals surface area contributed by atoms with Gasteiger partial charge in [-0.15, -0.1) is 0 Å². The van der Waals surface area contributed by atoms with Crippen molar-refractivity contribution in [2.75, 3.05) is 6.61 Å². The fourth-order valence-electron chi connectivity index (χ4n) is 1.35. The van der Waals surface area contributed by atoms with Crippen LogP contribution < -0.4 is 0 Å². The molecule has 68 valence electrons. The second-order valence-corrected chi connectivity index (χ2v) is 3.10. The smallest absolute Gasteiger partial charge is 0.323 e. The minimum Gasteiger partial charge on any atom is -0.480 e. The fourth-order valence-corrected chi connectivity index (χ4v) is 1.35. The van der Waals surface area contributed by atoms with E-state index in [9.17, 15) is 9.59 Å². The van der Waals surface area contributed by atoms with E-state index in [-0.39, 0.29) is 12.5 Å². The summed E-state index contributed by atoms with van der Waals surface area (Å²) in [6.07, 6.45) is 0.404. The summed E-state index contributed by atoms with van der Waals surface area (Å²) >= 11 is 0. The molecule has 1 saturated carbocycles. The van der Waals surface area contributed by atoms with Gasteiger partial charge >= 0.3 is 11.9 Å². The lowest BCUT2D eigenvalue weighted by atomic mass is 10.1. The Morgan fingerprint density at radius 1 is 1.67 bits per heavy atom. The highest BCUT2D eigenvalue weighted by molar-refractivity contribution is 6.02. The zero-order valence-corrected chi connectivity index (χ0v) is 7.16. The van der Waals surface area contributed by atoms with E-state index in [1.807, 2.05) is 0 Å². The van der Waals surface area contributed by atoms with Gasteiger partial charge in [-0.25, -0.2) is 0 Å². The van der Waals surface area contributed by atoms with Crippen molar-refractivity contribution in [1.82, 2.24) is 0 Å². The van der Waals surface area contributed by atoms with Crippen molar-refractivity contribution in [3.63, 3.8) is 0 Å². The molecule has 2 atom stereocenters. The first-order valence-electron chi connectivity index (χ1n) is 3.96. The Hall–Kier alpha value is -1.06. The number of carboxylic acids is 1. The Morgan fingerprint density at radius 3 is 2.42 bits per heavy atom. The lowest BCUT2D eigenvalue weighted by Gasteiger charge is -2.08. The fraction of sp³-hybridized carbons (Fsp3) is 0.750. The Kier molecular flexibility index (Phi) is 2.08. The third-order valence-corrected chi connectivity index (χ3v) is 2.33. The molecule has 0 aromatic rings. The van der Waals surface area contributed by atoms with Crippen LogP contribution in [0.25, 0.3) is 0 Å². The first-order valence-corrected chi connectivity index (χ1v) is 3.96. The number of carbonyl (C=O) groups excluding carboxylic acids is 1. The van der Waals surface area contributed by atoms with Gasteiger partial charge in [0.25, 0.3) is 0 Å². The molecule has 0 aliphatic heterocycles. The van der Waals surface area contributed by atoms with E-state index >= 15 is 0 Å². The summed E-state index contributed by atoms with van der Waals surface area (Å²) < 4.78 is 4.68. The van der Waals surface area contributed by atoms with E-state index in [4.69, 9.17) is 5.11 Å². The summed E-state index contributed by atoms with van der Waals surface area (Å²) in [7, 11) is 0. The average molecular weight is 172 g/mol. The molecule has 0 aromatic heterocycles. The van der Waals surface area contributed by atoms with Crippen LogP contribution in [0.5, 0.6) is 0 Å². The van der Waals surface area contributed by atoms with E-state index in [1.165, 1.54) is 0 Å². The molecule has 0 amide bonds. The zero-order chi connectivity index (χ0) is 9.35. The van der Waals surface area contributed by atoms with E-state index < -0.39 is 17.4 Å². The van der Waals surface area contributed by atoms with E-state index in [0.717, 1.165) is 0 Å². The lowest BCUT2D eigenvalue weighted by Crippen LogP contribution is -2.29. The molecule has 0 heterocycles. The van der Waals surface area contributed by atoms with Crippen molar-refractivity contribution in [2.45, 2.75) is 20.3 Å². The molecule has 0 spiro atoms. The largest absolute Gasteiger partial charge is 0.480 e. The van der Waals surface area contributed by atoms with Gasteiger partial charge in [-0.1, -0.05) is 6.92 Å². The number of esters is 1. The van der Waals surface area contributed by atoms with Crippen LogP contribution in [-0.4, -0.2) is 23.7 Å². The molecule has 0 bridgehead atoms. The van der Waals surface area contributed by atoms with E-state index in [2.05, 4.69) is 4.74 Å². The molecule has 1 rings (SSSR count). The summed E-state index contributed by atoms with van der Waals surface area (Å²) in [6.45, 7) is 3.64. The van der Waals surface area contributed by atoms with Crippen LogP contribution in [-0.2, 0) is 14.3 Å². The quantitative estimate of drug-likeness (QED) is 0.501. The van der Waals surface area contributed by atoms with Gasteiger partial charge in [-0.2, -0.15) is 0 Å². The first-order chi connectivity index (χ1) is 5.55. The highest BCUT2D eigenvalue weighted by Crippen LogP contribution is 2.53. The summed E-state index contributed by atoms with van der Waals surface area (Å²) in [5.74, 6) is -1.74.